The fourth-order valence-electron chi connectivity index (χ4n) is 2.09. The fourth-order valence-corrected chi connectivity index (χ4v) is 2.78. The van der Waals surface area contributed by atoms with Crippen LogP contribution in [0, 0.1) is 3.57 Å². The first kappa shape index (κ1) is 18.3. The molecule has 2 rings (SSSR count). The molecule has 0 spiro atoms. The molecule has 0 atom stereocenters. The Bertz CT molecular complexity index is 718. The van der Waals surface area contributed by atoms with Crippen LogP contribution in [-0.2, 0) is 6.54 Å². The van der Waals surface area contributed by atoms with Gasteiger partial charge in [-0.25, -0.2) is 4.98 Å². The van der Waals surface area contributed by atoms with Crippen LogP contribution in [0.4, 0.5) is 5.82 Å². The maximum atomic E-state index is 12.4. The third kappa shape index (κ3) is 4.28. The van der Waals surface area contributed by atoms with Crippen LogP contribution in [0.1, 0.15) is 15.9 Å². The first-order valence-electron chi connectivity index (χ1n) is 7.28. The highest BCUT2D eigenvalue weighted by Gasteiger charge is 2.15. The van der Waals surface area contributed by atoms with Crippen LogP contribution in [0.3, 0.4) is 0 Å². The van der Waals surface area contributed by atoms with E-state index in [0.29, 0.717) is 23.6 Å². The second-order valence-electron chi connectivity index (χ2n) is 5.29. The number of ether oxygens (including phenoxy) is 2. The van der Waals surface area contributed by atoms with Gasteiger partial charge in [-0.15, -0.1) is 0 Å². The third-order valence-corrected chi connectivity index (χ3v) is 4.33. The Hall–Kier alpha value is -2.03. The van der Waals surface area contributed by atoms with Crippen molar-refractivity contribution in [3.05, 3.63) is 45.2 Å². The van der Waals surface area contributed by atoms with Crippen LogP contribution in [-0.4, -0.2) is 39.2 Å². The number of benzene rings is 1. The molecule has 0 saturated carbocycles. The molecule has 0 aliphatic carbocycles. The SMILES string of the molecule is COc1cc(I)c(C(=O)NCc2ccc(N(C)C)nc2)cc1OC. The Labute approximate surface area is 155 Å². The van der Waals surface area contributed by atoms with Crippen molar-refractivity contribution in [1.82, 2.24) is 10.3 Å². The van der Waals surface area contributed by atoms with Crippen molar-refractivity contribution < 1.29 is 14.3 Å². The number of methoxy groups -OCH3 is 2. The van der Waals surface area contributed by atoms with Crippen LogP contribution < -0.4 is 19.7 Å². The number of hydrogen-bond donors (Lipinski definition) is 1. The normalized spacial score (nSPS) is 10.2. The predicted molar refractivity (Wildman–Crippen MR) is 102 cm³/mol. The number of carbonyl (C=O) groups excluding carboxylic acids is 1. The zero-order chi connectivity index (χ0) is 17.7. The highest BCUT2D eigenvalue weighted by Crippen LogP contribution is 2.31. The molecule has 7 heteroatoms. The summed E-state index contributed by atoms with van der Waals surface area (Å²) in [4.78, 5) is 18.7. The van der Waals surface area contributed by atoms with Crippen molar-refractivity contribution in [1.29, 1.82) is 0 Å². The highest BCUT2D eigenvalue weighted by molar-refractivity contribution is 14.1. The maximum absolute atomic E-state index is 12.4. The van der Waals surface area contributed by atoms with E-state index in [4.69, 9.17) is 9.47 Å². The molecule has 6 nitrogen and oxygen atoms in total. The fraction of sp³-hybridized carbons (Fsp3) is 0.294. The van der Waals surface area contributed by atoms with Gasteiger partial charge in [-0.05, 0) is 46.4 Å². The lowest BCUT2D eigenvalue weighted by atomic mass is 10.2. The summed E-state index contributed by atoms with van der Waals surface area (Å²) in [6, 6.07) is 7.33. The van der Waals surface area contributed by atoms with Crippen molar-refractivity contribution in [3.63, 3.8) is 0 Å². The summed E-state index contributed by atoms with van der Waals surface area (Å²) in [5, 5.41) is 2.90. The number of pyridine rings is 1. The second-order valence-corrected chi connectivity index (χ2v) is 6.45. The van der Waals surface area contributed by atoms with Crippen molar-refractivity contribution >= 4 is 34.3 Å². The average Bonchev–Trinajstić information content (AvgIpc) is 2.59. The van der Waals surface area contributed by atoms with Gasteiger partial charge in [0.2, 0.25) is 0 Å². The summed E-state index contributed by atoms with van der Waals surface area (Å²) < 4.78 is 11.3. The van der Waals surface area contributed by atoms with Crippen LogP contribution in [0.15, 0.2) is 30.5 Å². The van der Waals surface area contributed by atoms with Crippen LogP contribution in [0.5, 0.6) is 11.5 Å². The number of amides is 1. The van der Waals surface area contributed by atoms with Gasteiger partial charge in [0.1, 0.15) is 5.82 Å². The summed E-state index contributed by atoms with van der Waals surface area (Å²) in [7, 11) is 6.98. The quantitative estimate of drug-likeness (QED) is 0.699. The topological polar surface area (TPSA) is 63.7 Å². The molecule has 0 aliphatic heterocycles. The zero-order valence-corrected chi connectivity index (χ0v) is 16.2. The molecule has 0 unspecified atom stereocenters. The number of nitrogens with one attached hydrogen (secondary N) is 1. The lowest BCUT2D eigenvalue weighted by molar-refractivity contribution is 0.0949. The highest BCUT2D eigenvalue weighted by atomic mass is 127. The van der Waals surface area contributed by atoms with Gasteiger partial charge in [0.05, 0.1) is 19.8 Å². The molecular weight excluding hydrogens is 421 g/mol. The number of aromatic nitrogens is 1. The van der Waals surface area contributed by atoms with Crippen molar-refractivity contribution in [2.24, 2.45) is 0 Å². The Morgan fingerprint density at radius 3 is 2.42 bits per heavy atom. The maximum Gasteiger partial charge on any atom is 0.252 e. The first-order valence-corrected chi connectivity index (χ1v) is 8.36. The predicted octanol–water partition coefficient (Wildman–Crippen LogP) is 2.70. The van der Waals surface area contributed by atoms with E-state index in [1.54, 1.807) is 32.5 Å². The van der Waals surface area contributed by atoms with E-state index in [0.717, 1.165) is 15.0 Å². The van der Waals surface area contributed by atoms with Crippen LogP contribution in [0.2, 0.25) is 0 Å². The van der Waals surface area contributed by atoms with E-state index in [1.165, 1.54) is 0 Å². The van der Waals surface area contributed by atoms with Crippen LogP contribution >= 0.6 is 22.6 Å². The lowest BCUT2D eigenvalue weighted by Gasteiger charge is -2.13. The second kappa shape index (κ2) is 8.18. The minimum absolute atomic E-state index is 0.169. The summed E-state index contributed by atoms with van der Waals surface area (Å²) in [6.07, 6.45) is 1.76. The van der Waals surface area contributed by atoms with Crippen molar-refractivity contribution in [3.8, 4) is 11.5 Å². The number of rotatable bonds is 6. The standard InChI is InChI=1S/C17H20IN3O3/c1-21(2)16-6-5-11(9-19-16)10-20-17(22)12-7-14(23-3)15(24-4)8-13(12)18/h5-9H,10H2,1-4H3,(H,20,22). The molecule has 1 aromatic heterocycles. The van der Waals surface area contributed by atoms with Gasteiger partial charge in [0, 0.05) is 30.4 Å². The minimum atomic E-state index is -0.169. The molecule has 2 aromatic rings. The van der Waals surface area contributed by atoms with E-state index in [9.17, 15) is 4.79 Å². The molecule has 0 radical (unpaired) electrons. The third-order valence-electron chi connectivity index (χ3n) is 3.44. The van der Waals surface area contributed by atoms with E-state index in [-0.39, 0.29) is 5.91 Å². The molecule has 1 amide bonds. The number of halogens is 1. The van der Waals surface area contributed by atoms with Gasteiger partial charge >= 0.3 is 0 Å². The summed E-state index contributed by atoms with van der Waals surface area (Å²) in [6.45, 7) is 0.407. The number of nitrogens with zero attached hydrogens (tertiary/aromatic N) is 2. The molecule has 1 aromatic carbocycles. The average molecular weight is 441 g/mol. The van der Waals surface area contributed by atoms with Gasteiger partial charge in [0.25, 0.3) is 5.91 Å². The Morgan fingerprint density at radius 2 is 1.88 bits per heavy atom. The molecular formula is C17H20IN3O3. The van der Waals surface area contributed by atoms with E-state index in [2.05, 4.69) is 32.9 Å². The molecule has 0 fully saturated rings. The number of anilines is 1. The Balaban J connectivity index is 2.09. The first-order chi connectivity index (χ1) is 11.5. The molecule has 0 saturated heterocycles. The lowest BCUT2D eigenvalue weighted by Crippen LogP contribution is -2.24. The van der Waals surface area contributed by atoms with E-state index >= 15 is 0 Å². The van der Waals surface area contributed by atoms with Gasteiger partial charge < -0.3 is 19.7 Å². The summed E-state index contributed by atoms with van der Waals surface area (Å²) in [5.74, 6) is 1.83. The Kier molecular flexibility index (Phi) is 6.24. The van der Waals surface area contributed by atoms with Gasteiger partial charge in [0.15, 0.2) is 11.5 Å². The Morgan fingerprint density at radius 1 is 1.21 bits per heavy atom. The largest absolute Gasteiger partial charge is 0.493 e. The number of hydrogen-bond acceptors (Lipinski definition) is 5. The molecule has 24 heavy (non-hydrogen) atoms. The molecule has 128 valence electrons. The molecule has 0 bridgehead atoms. The minimum Gasteiger partial charge on any atom is -0.493 e. The number of carbonyl (C=O) groups is 1. The molecule has 1 N–H and O–H groups in total. The van der Waals surface area contributed by atoms with Crippen molar-refractivity contribution in [2.45, 2.75) is 6.54 Å². The molecule has 0 aliphatic rings. The summed E-state index contributed by atoms with van der Waals surface area (Å²) in [5.41, 5.74) is 1.48. The van der Waals surface area contributed by atoms with Gasteiger partial charge in [-0.2, -0.15) is 0 Å². The smallest absolute Gasteiger partial charge is 0.252 e. The van der Waals surface area contributed by atoms with Crippen molar-refractivity contribution in [2.75, 3.05) is 33.2 Å². The zero-order valence-electron chi connectivity index (χ0n) is 14.1. The monoisotopic (exact) mass is 441 g/mol. The summed E-state index contributed by atoms with van der Waals surface area (Å²) >= 11 is 2.11. The van der Waals surface area contributed by atoms with Gasteiger partial charge in [-0.3, -0.25) is 4.79 Å². The van der Waals surface area contributed by atoms with Gasteiger partial charge in [-0.1, -0.05) is 6.07 Å². The molecule has 1 heterocycles. The van der Waals surface area contributed by atoms with E-state index in [1.807, 2.05) is 31.1 Å². The van der Waals surface area contributed by atoms with Crippen LogP contribution in [0.25, 0.3) is 0 Å². The van der Waals surface area contributed by atoms with E-state index < -0.39 is 0 Å².